The fourth-order valence-corrected chi connectivity index (χ4v) is 4.35. The Kier molecular flexibility index (Phi) is 6.26. The highest BCUT2D eigenvalue weighted by molar-refractivity contribution is 7.99. The van der Waals surface area contributed by atoms with Crippen LogP contribution in [0.2, 0.25) is 5.02 Å². The van der Waals surface area contributed by atoms with E-state index in [1.54, 1.807) is 33.0 Å². The minimum absolute atomic E-state index is 0.368. The van der Waals surface area contributed by atoms with Crippen LogP contribution < -0.4 is 9.47 Å². The Balaban J connectivity index is 2.00. The molecule has 3 aromatic rings. The van der Waals surface area contributed by atoms with Crippen LogP contribution in [0, 0.1) is 0 Å². The fraction of sp³-hybridized carbons (Fsp3) is 0.250. The number of aromatic nitrogens is 1. The number of ether oxygens (including phenoxy) is 2. The predicted molar refractivity (Wildman–Crippen MR) is 111 cm³/mol. The number of H-pyrrole nitrogens is 1. The van der Waals surface area contributed by atoms with Gasteiger partial charge in [0.1, 0.15) is 0 Å². The van der Waals surface area contributed by atoms with Gasteiger partial charge in [0.05, 0.1) is 19.2 Å². The zero-order chi connectivity index (χ0) is 20.3. The van der Waals surface area contributed by atoms with E-state index in [-0.39, 0.29) is 0 Å². The number of halogens is 1. The molecule has 1 heterocycles. The molecule has 0 atom stereocenters. The minimum Gasteiger partial charge on any atom is -0.493 e. The van der Waals surface area contributed by atoms with Gasteiger partial charge in [-0.05, 0) is 36.2 Å². The van der Waals surface area contributed by atoms with E-state index in [0.29, 0.717) is 29.5 Å². The molecule has 3 rings (SSSR count). The topological polar surface area (TPSA) is 74.8 Å². The molecule has 0 aliphatic heterocycles. The number of aromatic amines is 1. The van der Waals surface area contributed by atoms with Gasteiger partial charge < -0.3 is 24.5 Å². The molecular weight excluding hydrogens is 400 g/mol. The monoisotopic (exact) mass is 420 g/mol. The van der Waals surface area contributed by atoms with E-state index in [2.05, 4.69) is 4.98 Å². The Hall–Kier alpha value is -2.51. The number of benzene rings is 2. The number of nitrogens with one attached hydrogen (secondary N) is 1. The van der Waals surface area contributed by atoms with Crippen LogP contribution in [0.1, 0.15) is 5.56 Å². The lowest BCUT2D eigenvalue weighted by Gasteiger charge is -2.17. The number of hydrogen-bond acceptors (Lipinski definition) is 4. The average molecular weight is 421 g/mol. The standard InChI is InChI=1S/C20H21ClN2O4S/c1-23(20(24)25)8-7-12-9-15(26-2)16(27-3)10-17(12)28-18-11-22-14-6-4-5-13(21)19(14)18/h4-6,9-11,22H,7-8H2,1-3H3,(H,24,25). The summed E-state index contributed by atoms with van der Waals surface area (Å²) in [6.07, 6.45) is 1.50. The third kappa shape index (κ3) is 4.15. The van der Waals surface area contributed by atoms with Crippen molar-refractivity contribution < 1.29 is 19.4 Å². The van der Waals surface area contributed by atoms with Gasteiger partial charge in [-0.2, -0.15) is 0 Å². The SMILES string of the molecule is COc1cc(CCN(C)C(=O)O)c(Sc2c[nH]c3cccc(Cl)c23)cc1OC. The highest BCUT2D eigenvalue weighted by Crippen LogP contribution is 2.42. The second-order valence-corrected chi connectivity index (χ2v) is 7.68. The molecular formula is C20H21ClN2O4S. The van der Waals surface area contributed by atoms with Crippen LogP contribution in [0.15, 0.2) is 46.3 Å². The van der Waals surface area contributed by atoms with Gasteiger partial charge in [-0.15, -0.1) is 0 Å². The van der Waals surface area contributed by atoms with Crippen LogP contribution in [0.3, 0.4) is 0 Å². The Morgan fingerprint density at radius 3 is 2.61 bits per heavy atom. The van der Waals surface area contributed by atoms with Crippen molar-refractivity contribution >= 4 is 40.4 Å². The van der Waals surface area contributed by atoms with Gasteiger partial charge in [-0.25, -0.2) is 4.79 Å². The number of methoxy groups -OCH3 is 2. The second-order valence-electron chi connectivity index (χ2n) is 6.19. The second kappa shape index (κ2) is 8.67. The Labute approximate surface area is 172 Å². The van der Waals surface area contributed by atoms with Gasteiger partial charge in [0.15, 0.2) is 11.5 Å². The zero-order valence-electron chi connectivity index (χ0n) is 15.8. The summed E-state index contributed by atoms with van der Waals surface area (Å²) in [5.41, 5.74) is 1.93. The molecule has 28 heavy (non-hydrogen) atoms. The lowest BCUT2D eigenvalue weighted by molar-refractivity contribution is 0.156. The van der Waals surface area contributed by atoms with Gasteiger partial charge in [0.25, 0.3) is 0 Å². The third-order valence-corrected chi connectivity index (χ3v) is 5.91. The maximum atomic E-state index is 11.1. The fourth-order valence-electron chi connectivity index (χ4n) is 2.89. The normalized spacial score (nSPS) is 10.9. The Morgan fingerprint density at radius 2 is 1.93 bits per heavy atom. The van der Waals surface area contributed by atoms with Crippen molar-refractivity contribution in [3.05, 3.63) is 47.1 Å². The van der Waals surface area contributed by atoms with Crippen molar-refractivity contribution in [2.45, 2.75) is 16.2 Å². The van der Waals surface area contributed by atoms with Gasteiger partial charge in [-0.3, -0.25) is 0 Å². The number of fused-ring (bicyclic) bond motifs is 1. The Bertz CT molecular complexity index is 1010. The molecule has 0 radical (unpaired) electrons. The maximum Gasteiger partial charge on any atom is 0.407 e. The molecule has 0 aliphatic carbocycles. The number of hydrogen-bond donors (Lipinski definition) is 2. The molecule has 148 valence electrons. The van der Waals surface area contributed by atoms with Crippen LogP contribution in [0.4, 0.5) is 4.79 Å². The molecule has 0 saturated carbocycles. The van der Waals surface area contributed by atoms with Crippen LogP contribution in [0.25, 0.3) is 10.9 Å². The van der Waals surface area contributed by atoms with Gasteiger partial charge in [0.2, 0.25) is 0 Å². The van der Waals surface area contributed by atoms with Gasteiger partial charge in [0, 0.05) is 40.5 Å². The average Bonchev–Trinajstić information content (AvgIpc) is 3.10. The quantitative estimate of drug-likeness (QED) is 0.553. The van der Waals surface area contributed by atoms with Crippen molar-refractivity contribution in [1.82, 2.24) is 9.88 Å². The van der Waals surface area contributed by atoms with Gasteiger partial charge >= 0.3 is 6.09 Å². The lowest BCUT2D eigenvalue weighted by atomic mass is 10.1. The van der Waals surface area contributed by atoms with E-state index < -0.39 is 6.09 Å². The third-order valence-electron chi connectivity index (χ3n) is 4.45. The van der Waals surface area contributed by atoms with Crippen LogP contribution >= 0.6 is 23.4 Å². The van der Waals surface area contributed by atoms with Crippen molar-refractivity contribution in [1.29, 1.82) is 0 Å². The molecule has 2 aromatic carbocycles. The summed E-state index contributed by atoms with van der Waals surface area (Å²) in [6.45, 7) is 0.368. The van der Waals surface area contributed by atoms with Crippen LogP contribution in [0.5, 0.6) is 11.5 Å². The van der Waals surface area contributed by atoms with E-state index in [4.69, 9.17) is 26.2 Å². The van der Waals surface area contributed by atoms with E-state index in [9.17, 15) is 4.79 Å². The van der Waals surface area contributed by atoms with Gasteiger partial charge in [-0.1, -0.05) is 29.4 Å². The molecule has 2 N–H and O–H groups in total. The number of likely N-dealkylation sites (N-methyl/N-ethyl adjacent to an activating group) is 1. The maximum absolute atomic E-state index is 11.1. The summed E-state index contributed by atoms with van der Waals surface area (Å²) in [7, 11) is 4.72. The molecule has 0 unspecified atom stereocenters. The summed E-state index contributed by atoms with van der Waals surface area (Å²) in [5.74, 6) is 1.23. The molecule has 1 amide bonds. The summed E-state index contributed by atoms with van der Waals surface area (Å²) in [4.78, 5) is 17.6. The number of carbonyl (C=O) groups is 1. The summed E-state index contributed by atoms with van der Waals surface area (Å²) < 4.78 is 10.9. The lowest BCUT2D eigenvalue weighted by Crippen LogP contribution is -2.27. The molecule has 8 heteroatoms. The van der Waals surface area contributed by atoms with Crippen molar-refractivity contribution in [2.24, 2.45) is 0 Å². The summed E-state index contributed by atoms with van der Waals surface area (Å²) in [6, 6.07) is 9.55. The largest absolute Gasteiger partial charge is 0.493 e. The van der Waals surface area contributed by atoms with Crippen LogP contribution in [-0.4, -0.2) is 48.9 Å². The first-order chi connectivity index (χ1) is 13.4. The molecule has 0 aliphatic rings. The molecule has 0 fully saturated rings. The van der Waals surface area contributed by atoms with Crippen LogP contribution in [-0.2, 0) is 6.42 Å². The number of amides is 1. The summed E-state index contributed by atoms with van der Waals surface area (Å²) >= 11 is 7.96. The first kappa shape index (κ1) is 20.2. The van der Waals surface area contributed by atoms with E-state index in [1.807, 2.05) is 36.5 Å². The summed E-state index contributed by atoms with van der Waals surface area (Å²) in [5, 5.41) is 10.8. The zero-order valence-corrected chi connectivity index (χ0v) is 17.4. The highest BCUT2D eigenvalue weighted by atomic mass is 35.5. The smallest absolute Gasteiger partial charge is 0.407 e. The molecule has 0 saturated heterocycles. The van der Waals surface area contributed by atoms with E-state index in [0.717, 1.165) is 26.3 Å². The number of rotatable bonds is 7. The molecule has 0 bridgehead atoms. The first-order valence-corrected chi connectivity index (χ1v) is 9.76. The molecule has 1 aromatic heterocycles. The first-order valence-electron chi connectivity index (χ1n) is 8.57. The minimum atomic E-state index is -0.960. The van der Waals surface area contributed by atoms with Crippen molar-refractivity contribution in [3.8, 4) is 11.5 Å². The number of carboxylic acid groups (broad SMARTS) is 1. The predicted octanol–water partition coefficient (Wildman–Crippen LogP) is 5.14. The highest BCUT2D eigenvalue weighted by Gasteiger charge is 2.16. The van der Waals surface area contributed by atoms with Crippen molar-refractivity contribution in [2.75, 3.05) is 27.8 Å². The Morgan fingerprint density at radius 1 is 1.21 bits per heavy atom. The molecule has 6 nitrogen and oxygen atoms in total. The van der Waals surface area contributed by atoms with E-state index in [1.165, 1.54) is 4.90 Å². The van der Waals surface area contributed by atoms with E-state index >= 15 is 0 Å². The number of nitrogens with zero attached hydrogens (tertiary/aromatic N) is 1. The van der Waals surface area contributed by atoms with Crippen molar-refractivity contribution in [3.63, 3.8) is 0 Å². The molecule has 0 spiro atoms.